The predicted molar refractivity (Wildman–Crippen MR) is 92.2 cm³/mol. The van der Waals surface area contributed by atoms with Crippen LogP contribution in [0, 0.1) is 5.92 Å². The second-order valence-electron chi connectivity index (χ2n) is 6.04. The van der Waals surface area contributed by atoms with Gasteiger partial charge in [0.1, 0.15) is 0 Å². The molecule has 2 amide bonds. The first-order valence-electron chi connectivity index (χ1n) is 8.15. The van der Waals surface area contributed by atoms with E-state index in [0.717, 1.165) is 6.20 Å². The molecule has 10 heteroatoms. The molecular formula is C17H17F2N5O3. The van der Waals surface area contributed by atoms with E-state index in [9.17, 15) is 18.4 Å². The highest BCUT2D eigenvalue weighted by Gasteiger charge is 2.24. The first-order valence-corrected chi connectivity index (χ1v) is 8.15. The molecule has 0 saturated heterocycles. The fraction of sp³-hybridized carbons (Fsp3) is 0.294. The van der Waals surface area contributed by atoms with Crippen molar-refractivity contribution in [2.45, 2.75) is 25.9 Å². The van der Waals surface area contributed by atoms with Gasteiger partial charge in [0.25, 0.3) is 0 Å². The average molecular weight is 377 g/mol. The second kappa shape index (κ2) is 7.52. The van der Waals surface area contributed by atoms with Crippen molar-refractivity contribution in [3.05, 3.63) is 42.4 Å². The van der Waals surface area contributed by atoms with Crippen LogP contribution in [0.2, 0.25) is 0 Å². The van der Waals surface area contributed by atoms with Crippen LogP contribution in [-0.4, -0.2) is 31.9 Å². The van der Waals surface area contributed by atoms with E-state index in [0.29, 0.717) is 15.9 Å². The largest absolute Gasteiger partial charge is 0.465 e. The van der Waals surface area contributed by atoms with Gasteiger partial charge in [-0.05, 0) is 18.6 Å². The van der Waals surface area contributed by atoms with E-state index < -0.39 is 24.6 Å². The number of carbonyl (C=O) groups excluding carboxylic acids is 1. The molecular weight excluding hydrogens is 360 g/mol. The lowest BCUT2D eigenvalue weighted by atomic mass is 10.0. The number of aromatic nitrogens is 3. The fourth-order valence-corrected chi connectivity index (χ4v) is 2.83. The first-order chi connectivity index (χ1) is 12.9. The normalized spacial score (nSPS) is 19.6. The maximum absolute atomic E-state index is 13.4. The van der Waals surface area contributed by atoms with Crippen molar-refractivity contribution in [3.63, 3.8) is 0 Å². The van der Waals surface area contributed by atoms with E-state index in [4.69, 9.17) is 5.11 Å². The summed E-state index contributed by atoms with van der Waals surface area (Å²) >= 11 is 0. The first kappa shape index (κ1) is 18.5. The van der Waals surface area contributed by atoms with Gasteiger partial charge in [0, 0.05) is 11.8 Å². The monoisotopic (exact) mass is 377 g/mol. The molecule has 2 atom stereocenters. The number of fused-ring (bicyclic) bond motifs is 4. The summed E-state index contributed by atoms with van der Waals surface area (Å²) in [6, 6.07) is 2.31. The third kappa shape index (κ3) is 3.94. The van der Waals surface area contributed by atoms with E-state index >= 15 is 0 Å². The third-order valence-corrected chi connectivity index (χ3v) is 4.16. The van der Waals surface area contributed by atoms with Crippen molar-refractivity contribution in [1.29, 1.82) is 0 Å². The van der Waals surface area contributed by atoms with Gasteiger partial charge in [0.05, 0.1) is 35.2 Å². The minimum atomic E-state index is -2.92. The Morgan fingerprint density at radius 2 is 2.26 bits per heavy atom. The molecule has 3 heterocycles. The number of halogens is 2. The Hall–Kier alpha value is -3.30. The molecule has 0 saturated carbocycles. The van der Waals surface area contributed by atoms with Crippen molar-refractivity contribution < 1.29 is 23.5 Å². The predicted octanol–water partition coefficient (Wildman–Crippen LogP) is 3.18. The summed E-state index contributed by atoms with van der Waals surface area (Å²) in [4.78, 5) is 27.6. The molecule has 0 radical (unpaired) electrons. The van der Waals surface area contributed by atoms with Crippen molar-refractivity contribution in [2.75, 3.05) is 5.32 Å². The van der Waals surface area contributed by atoms with Crippen LogP contribution in [0.3, 0.4) is 0 Å². The van der Waals surface area contributed by atoms with Crippen LogP contribution in [0.15, 0.2) is 36.7 Å². The molecule has 2 bridgehead atoms. The van der Waals surface area contributed by atoms with Gasteiger partial charge in [-0.2, -0.15) is 13.9 Å². The van der Waals surface area contributed by atoms with E-state index in [1.807, 2.05) is 0 Å². The molecule has 2 aromatic rings. The standard InChI is InChI=1S/C17H17F2N5O3/c1-9-3-2-4-11(23-17(26)27)12-7-10(5-6-20-12)14-13(22-15(9)25)8-21-24(14)16(18)19/h2-3,5-9,11,16,23H,4H2,1H3,(H,22,25)(H,26,27)/t9-,11-/m0/s1. The molecule has 3 rings (SSSR count). The van der Waals surface area contributed by atoms with Gasteiger partial charge in [-0.25, -0.2) is 9.48 Å². The summed E-state index contributed by atoms with van der Waals surface area (Å²) in [6.07, 6.45) is 4.87. The highest BCUT2D eigenvalue weighted by Crippen LogP contribution is 2.33. The molecule has 2 aromatic heterocycles. The molecule has 142 valence electrons. The van der Waals surface area contributed by atoms with Crippen LogP contribution in [0.4, 0.5) is 19.3 Å². The second-order valence-corrected chi connectivity index (χ2v) is 6.04. The van der Waals surface area contributed by atoms with E-state index in [1.54, 1.807) is 19.1 Å². The average Bonchev–Trinajstić information content (AvgIpc) is 3.03. The lowest BCUT2D eigenvalue weighted by Crippen LogP contribution is -2.27. The summed E-state index contributed by atoms with van der Waals surface area (Å²) in [5, 5.41) is 17.7. The molecule has 0 fully saturated rings. The van der Waals surface area contributed by atoms with Crippen molar-refractivity contribution in [3.8, 4) is 11.3 Å². The minimum absolute atomic E-state index is 0.0211. The smallest absolute Gasteiger partial charge is 0.405 e. The fourth-order valence-electron chi connectivity index (χ4n) is 2.83. The van der Waals surface area contributed by atoms with E-state index in [-0.39, 0.29) is 23.7 Å². The number of nitrogens with one attached hydrogen (secondary N) is 2. The Balaban J connectivity index is 2.17. The van der Waals surface area contributed by atoms with Crippen molar-refractivity contribution in [1.82, 2.24) is 20.1 Å². The van der Waals surface area contributed by atoms with Gasteiger partial charge in [0.2, 0.25) is 5.91 Å². The van der Waals surface area contributed by atoms with Crippen LogP contribution >= 0.6 is 0 Å². The number of carboxylic acid groups (broad SMARTS) is 1. The molecule has 1 aliphatic rings. The lowest BCUT2D eigenvalue weighted by Gasteiger charge is -2.18. The van der Waals surface area contributed by atoms with Gasteiger partial charge >= 0.3 is 12.6 Å². The van der Waals surface area contributed by atoms with Gasteiger partial charge in [-0.1, -0.05) is 19.1 Å². The summed E-state index contributed by atoms with van der Waals surface area (Å²) < 4.78 is 27.3. The number of pyridine rings is 1. The Labute approximate surface area is 152 Å². The third-order valence-electron chi connectivity index (χ3n) is 4.16. The van der Waals surface area contributed by atoms with Crippen LogP contribution < -0.4 is 10.6 Å². The van der Waals surface area contributed by atoms with Gasteiger partial charge < -0.3 is 15.7 Å². The number of nitrogens with zero attached hydrogens (tertiary/aromatic N) is 3. The molecule has 0 aliphatic carbocycles. The van der Waals surface area contributed by atoms with Gasteiger partial charge in [-0.15, -0.1) is 0 Å². The zero-order valence-corrected chi connectivity index (χ0v) is 14.3. The lowest BCUT2D eigenvalue weighted by molar-refractivity contribution is -0.118. The molecule has 3 N–H and O–H groups in total. The number of amides is 2. The Morgan fingerprint density at radius 1 is 1.48 bits per heavy atom. The van der Waals surface area contributed by atoms with Crippen molar-refractivity contribution >= 4 is 17.7 Å². The quantitative estimate of drug-likeness (QED) is 0.697. The minimum Gasteiger partial charge on any atom is -0.465 e. The Morgan fingerprint density at radius 3 is 2.96 bits per heavy atom. The van der Waals surface area contributed by atoms with Gasteiger partial charge in [0.15, 0.2) is 0 Å². The number of anilines is 1. The maximum atomic E-state index is 13.4. The summed E-state index contributed by atoms with van der Waals surface area (Å²) in [5.41, 5.74) is 0.864. The maximum Gasteiger partial charge on any atom is 0.405 e. The van der Waals surface area contributed by atoms with E-state index in [1.165, 1.54) is 18.3 Å². The number of hydrogen-bond acceptors (Lipinski definition) is 4. The molecule has 27 heavy (non-hydrogen) atoms. The molecule has 0 spiro atoms. The zero-order valence-electron chi connectivity index (χ0n) is 14.3. The number of carbonyl (C=O) groups is 2. The molecule has 0 aromatic carbocycles. The Kier molecular flexibility index (Phi) is 5.15. The molecule has 0 unspecified atom stereocenters. The zero-order chi connectivity index (χ0) is 19.6. The van der Waals surface area contributed by atoms with Crippen molar-refractivity contribution in [2.24, 2.45) is 5.92 Å². The van der Waals surface area contributed by atoms with Crippen LogP contribution in [0.1, 0.15) is 31.6 Å². The van der Waals surface area contributed by atoms with Gasteiger partial charge in [-0.3, -0.25) is 9.78 Å². The highest BCUT2D eigenvalue weighted by molar-refractivity contribution is 5.96. The molecule has 8 nitrogen and oxygen atoms in total. The number of alkyl halides is 2. The number of hydrogen-bond donors (Lipinski definition) is 3. The topological polar surface area (TPSA) is 109 Å². The Bertz CT molecular complexity index is 896. The SMILES string of the molecule is C[C@H]1C=CC[C@H](NC(=O)O)c2cc(ccn2)-c2c(cnn2C(F)F)NC1=O. The molecule has 1 aliphatic heterocycles. The van der Waals surface area contributed by atoms with Crippen LogP contribution in [0.25, 0.3) is 11.3 Å². The highest BCUT2D eigenvalue weighted by atomic mass is 19.3. The summed E-state index contributed by atoms with van der Waals surface area (Å²) in [5.74, 6) is -0.942. The summed E-state index contributed by atoms with van der Waals surface area (Å²) in [7, 11) is 0. The number of rotatable bonds is 2. The van der Waals surface area contributed by atoms with Crippen LogP contribution in [0.5, 0.6) is 0 Å². The van der Waals surface area contributed by atoms with Crippen LogP contribution in [-0.2, 0) is 4.79 Å². The van der Waals surface area contributed by atoms with E-state index in [2.05, 4.69) is 20.7 Å². The summed E-state index contributed by atoms with van der Waals surface area (Å²) in [6.45, 7) is -1.27.